The third kappa shape index (κ3) is 3.85. The van der Waals surface area contributed by atoms with Crippen molar-refractivity contribution in [3.63, 3.8) is 0 Å². The van der Waals surface area contributed by atoms with Gasteiger partial charge in [0.15, 0.2) is 0 Å². The predicted molar refractivity (Wildman–Crippen MR) is 63.2 cm³/mol. The lowest BCUT2D eigenvalue weighted by atomic mass is 10.2. The number of likely N-dealkylation sites (tertiary alicyclic amines) is 1. The molecule has 1 saturated heterocycles. The summed E-state index contributed by atoms with van der Waals surface area (Å²) in [6.07, 6.45) is -0.707. The van der Waals surface area contributed by atoms with E-state index in [2.05, 4.69) is 5.32 Å². The molecule has 3 unspecified atom stereocenters. The van der Waals surface area contributed by atoms with Crippen LogP contribution in [-0.4, -0.2) is 65.1 Å². The number of amides is 2. The van der Waals surface area contributed by atoms with Gasteiger partial charge in [-0.3, -0.25) is 0 Å². The summed E-state index contributed by atoms with van der Waals surface area (Å²) in [4.78, 5) is 24.0. The Bertz CT molecular complexity index is 310. The van der Waals surface area contributed by atoms with Gasteiger partial charge in [-0.1, -0.05) is 0 Å². The highest BCUT2D eigenvalue weighted by molar-refractivity contribution is 5.83. The van der Waals surface area contributed by atoms with Crippen LogP contribution in [0.15, 0.2) is 0 Å². The van der Waals surface area contributed by atoms with E-state index in [-0.39, 0.29) is 19.0 Å². The standard InChI is InChI=1S/C11H20N2O5/c1-3-18-6-7(2)12-11(17)13-5-8(14)4-9(13)10(15)16/h7-9,14H,3-6H2,1-2H3,(H,12,17)(H,15,16). The van der Waals surface area contributed by atoms with Crippen LogP contribution in [0.25, 0.3) is 0 Å². The highest BCUT2D eigenvalue weighted by Crippen LogP contribution is 2.18. The molecule has 1 fully saturated rings. The molecule has 1 heterocycles. The largest absolute Gasteiger partial charge is 0.480 e. The number of aliphatic hydroxyl groups excluding tert-OH is 1. The van der Waals surface area contributed by atoms with Gasteiger partial charge in [-0.2, -0.15) is 0 Å². The summed E-state index contributed by atoms with van der Waals surface area (Å²) in [6, 6.07) is -1.64. The Morgan fingerprint density at radius 3 is 2.78 bits per heavy atom. The van der Waals surface area contributed by atoms with E-state index in [1.165, 1.54) is 0 Å². The number of hydrogen-bond donors (Lipinski definition) is 3. The maximum absolute atomic E-state index is 11.9. The molecule has 7 heteroatoms. The highest BCUT2D eigenvalue weighted by Gasteiger charge is 2.39. The van der Waals surface area contributed by atoms with Crippen molar-refractivity contribution < 1.29 is 24.5 Å². The average Bonchev–Trinajstić information content (AvgIpc) is 2.69. The van der Waals surface area contributed by atoms with Crippen LogP contribution in [0, 0.1) is 0 Å². The van der Waals surface area contributed by atoms with Crippen LogP contribution < -0.4 is 5.32 Å². The average molecular weight is 260 g/mol. The van der Waals surface area contributed by atoms with Gasteiger partial charge < -0.3 is 25.2 Å². The van der Waals surface area contributed by atoms with Crippen molar-refractivity contribution in [3.8, 4) is 0 Å². The van der Waals surface area contributed by atoms with Crippen LogP contribution in [-0.2, 0) is 9.53 Å². The smallest absolute Gasteiger partial charge is 0.326 e. The van der Waals surface area contributed by atoms with Crippen LogP contribution in [0.5, 0.6) is 0 Å². The van der Waals surface area contributed by atoms with Gasteiger partial charge in [0.1, 0.15) is 6.04 Å². The van der Waals surface area contributed by atoms with E-state index < -0.39 is 24.1 Å². The van der Waals surface area contributed by atoms with Crippen molar-refractivity contribution >= 4 is 12.0 Å². The summed E-state index contributed by atoms with van der Waals surface area (Å²) in [6.45, 7) is 4.60. The number of aliphatic carboxylic acids is 1. The van der Waals surface area contributed by atoms with Gasteiger partial charge in [0.2, 0.25) is 0 Å². The maximum Gasteiger partial charge on any atom is 0.326 e. The van der Waals surface area contributed by atoms with Crippen LogP contribution in [0.1, 0.15) is 20.3 Å². The molecule has 0 aromatic carbocycles. The molecule has 18 heavy (non-hydrogen) atoms. The summed E-state index contributed by atoms with van der Waals surface area (Å²) in [5.74, 6) is -1.10. The Balaban J connectivity index is 2.52. The molecule has 1 aliphatic heterocycles. The van der Waals surface area contributed by atoms with Gasteiger partial charge in [0.05, 0.1) is 18.8 Å². The van der Waals surface area contributed by atoms with E-state index in [1.54, 1.807) is 6.92 Å². The second-order valence-electron chi connectivity index (χ2n) is 4.41. The van der Waals surface area contributed by atoms with Crippen LogP contribution in [0.3, 0.4) is 0 Å². The Hall–Kier alpha value is -1.34. The third-order valence-electron chi connectivity index (χ3n) is 2.77. The number of hydrogen-bond acceptors (Lipinski definition) is 4. The molecule has 0 spiro atoms. The second-order valence-corrected chi connectivity index (χ2v) is 4.41. The fourth-order valence-electron chi connectivity index (χ4n) is 1.90. The number of rotatable bonds is 5. The number of ether oxygens (including phenoxy) is 1. The lowest BCUT2D eigenvalue weighted by molar-refractivity contribution is -0.141. The molecule has 0 bridgehead atoms. The van der Waals surface area contributed by atoms with Crippen LogP contribution >= 0.6 is 0 Å². The van der Waals surface area contributed by atoms with E-state index in [9.17, 15) is 14.7 Å². The summed E-state index contributed by atoms with van der Waals surface area (Å²) >= 11 is 0. The zero-order valence-corrected chi connectivity index (χ0v) is 10.6. The number of nitrogens with zero attached hydrogens (tertiary/aromatic N) is 1. The number of carboxylic acid groups (broad SMARTS) is 1. The Labute approximate surface area is 106 Å². The van der Waals surface area contributed by atoms with E-state index in [0.29, 0.717) is 13.2 Å². The fourth-order valence-corrected chi connectivity index (χ4v) is 1.90. The first-order valence-corrected chi connectivity index (χ1v) is 6.01. The number of carbonyl (C=O) groups excluding carboxylic acids is 1. The molecule has 0 aliphatic carbocycles. The summed E-state index contributed by atoms with van der Waals surface area (Å²) in [7, 11) is 0. The molecule has 0 aromatic rings. The lowest BCUT2D eigenvalue weighted by Crippen LogP contribution is -2.49. The molecule has 3 N–H and O–H groups in total. The van der Waals surface area contributed by atoms with E-state index in [0.717, 1.165) is 4.90 Å². The molecular weight excluding hydrogens is 240 g/mol. The van der Waals surface area contributed by atoms with Gasteiger partial charge in [-0.05, 0) is 13.8 Å². The zero-order chi connectivity index (χ0) is 13.7. The molecule has 1 aliphatic rings. The normalized spacial score (nSPS) is 24.9. The van der Waals surface area contributed by atoms with E-state index in [4.69, 9.17) is 9.84 Å². The van der Waals surface area contributed by atoms with Crippen molar-refractivity contribution in [2.24, 2.45) is 0 Å². The molecule has 0 radical (unpaired) electrons. The van der Waals surface area contributed by atoms with Crippen LogP contribution in [0.2, 0.25) is 0 Å². The van der Waals surface area contributed by atoms with Crippen molar-refractivity contribution in [2.45, 2.75) is 38.5 Å². The molecule has 7 nitrogen and oxygen atoms in total. The summed E-state index contributed by atoms with van der Waals surface area (Å²) < 4.78 is 5.16. The van der Waals surface area contributed by atoms with E-state index >= 15 is 0 Å². The van der Waals surface area contributed by atoms with Crippen LogP contribution in [0.4, 0.5) is 4.79 Å². The molecule has 0 saturated carbocycles. The van der Waals surface area contributed by atoms with Gasteiger partial charge in [0.25, 0.3) is 0 Å². The van der Waals surface area contributed by atoms with Gasteiger partial charge in [-0.25, -0.2) is 9.59 Å². The van der Waals surface area contributed by atoms with Gasteiger partial charge in [-0.15, -0.1) is 0 Å². The Morgan fingerprint density at radius 2 is 2.22 bits per heavy atom. The first kappa shape index (κ1) is 14.7. The highest BCUT2D eigenvalue weighted by atomic mass is 16.5. The minimum Gasteiger partial charge on any atom is -0.480 e. The minimum absolute atomic E-state index is 0.0458. The zero-order valence-electron chi connectivity index (χ0n) is 10.6. The first-order chi connectivity index (χ1) is 8.45. The summed E-state index contributed by atoms with van der Waals surface area (Å²) in [5, 5.41) is 21.1. The quantitative estimate of drug-likeness (QED) is 0.627. The molecule has 3 atom stereocenters. The van der Waals surface area contributed by atoms with Crippen molar-refractivity contribution in [1.29, 1.82) is 0 Å². The van der Waals surface area contributed by atoms with Crippen molar-refractivity contribution in [3.05, 3.63) is 0 Å². The number of aliphatic hydroxyl groups is 1. The topological polar surface area (TPSA) is 99.1 Å². The number of nitrogens with one attached hydrogen (secondary N) is 1. The SMILES string of the molecule is CCOCC(C)NC(=O)N1CC(O)CC1C(=O)O. The number of β-amino-alcohol motifs (C(OH)–C–C–N with tert-alkyl or cyclic N) is 1. The number of urea groups is 1. The lowest BCUT2D eigenvalue weighted by Gasteiger charge is -2.24. The second kappa shape index (κ2) is 6.55. The maximum atomic E-state index is 11.9. The van der Waals surface area contributed by atoms with E-state index in [1.807, 2.05) is 6.92 Å². The third-order valence-corrected chi connectivity index (χ3v) is 2.77. The Morgan fingerprint density at radius 1 is 1.56 bits per heavy atom. The summed E-state index contributed by atoms with van der Waals surface area (Å²) in [5.41, 5.74) is 0. The fraction of sp³-hybridized carbons (Fsp3) is 0.818. The van der Waals surface area contributed by atoms with Gasteiger partial charge >= 0.3 is 12.0 Å². The molecular formula is C11H20N2O5. The number of carbonyl (C=O) groups is 2. The Kier molecular flexibility index (Phi) is 5.36. The molecule has 104 valence electrons. The number of carboxylic acids is 1. The van der Waals surface area contributed by atoms with Crippen molar-refractivity contribution in [2.75, 3.05) is 19.8 Å². The molecule has 2 amide bonds. The predicted octanol–water partition coefficient (Wildman–Crippen LogP) is -0.359. The minimum atomic E-state index is -1.10. The van der Waals surface area contributed by atoms with Gasteiger partial charge in [0, 0.05) is 19.6 Å². The first-order valence-electron chi connectivity index (χ1n) is 6.01. The molecule has 0 aromatic heterocycles. The molecule has 1 rings (SSSR count). The van der Waals surface area contributed by atoms with Crippen molar-refractivity contribution in [1.82, 2.24) is 10.2 Å². The monoisotopic (exact) mass is 260 g/mol.